The molecule has 0 fully saturated rings. The zero-order valence-electron chi connectivity index (χ0n) is 78.8. The third-order valence-electron chi connectivity index (χ3n) is 24.8. The van der Waals surface area contributed by atoms with Gasteiger partial charge in [0.1, 0.15) is 48.9 Å². The van der Waals surface area contributed by atoms with E-state index in [1.54, 1.807) is 65.8 Å². The molecule has 0 amide bonds. The number of furan rings is 5. The van der Waals surface area contributed by atoms with Crippen LogP contribution in [0.4, 0.5) is 0 Å². The summed E-state index contributed by atoms with van der Waals surface area (Å²) in [5, 5.41) is 22.0. The first-order valence-corrected chi connectivity index (χ1v) is 42.4. The molecule has 0 saturated carbocycles. The monoisotopic (exact) mass is 1690 g/mol. The van der Waals surface area contributed by atoms with Gasteiger partial charge < -0.3 is 22.1 Å². The van der Waals surface area contributed by atoms with Gasteiger partial charge in [-0.1, -0.05) is 121 Å². The van der Waals surface area contributed by atoms with Crippen molar-refractivity contribution in [1.82, 2.24) is 49.8 Å². The summed E-state index contributed by atoms with van der Waals surface area (Å²) in [5.41, 5.74) is 21.6. The van der Waals surface area contributed by atoms with Crippen LogP contribution in [0.15, 0.2) is 303 Å². The van der Waals surface area contributed by atoms with Gasteiger partial charge >= 0.3 is 17.5 Å². The molecule has 0 radical (unpaired) electrons. The summed E-state index contributed by atoms with van der Waals surface area (Å²) in [6.07, 6.45) is 24.6. The highest BCUT2D eigenvalue weighted by atomic mass is 16.4. The van der Waals surface area contributed by atoms with Crippen molar-refractivity contribution in [2.75, 3.05) is 0 Å². The minimum absolute atomic E-state index is 0.0599. The molecule has 10 aromatic carbocycles. The Labute approximate surface area is 748 Å². The molecule has 0 spiro atoms. The number of aryl methyl sites for hydroxylation is 14. The molecule has 0 bridgehead atoms. The van der Waals surface area contributed by atoms with E-state index in [4.69, 9.17) is 35.3 Å². The fourth-order valence-electron chi connectivity index (χ4n) is 18.8. The summed E-state index contributed by atoms with van der Waals surface area (Å²) in [4.78, 5) is 44.8. The fraction of sp³-hybridized carbons (Fsp3) is 0.128. The van der Waals surface area contributed by atoms with Gasteiger partial charge in [0.25, 0.3) is 0 Å². The first-order chi connectivity index (χ1) is 65.3. The molecule has 0 aliphatic heterocycles. The SMILES string of the molecule is Cc1c(-c2cncc[n+]2C)c2oc3ncccc3c2c2ccccc12.Cc1c(-c2nccc[n+]2C)c2oc3ncccc3c2c2ccccc12.Cc1cc[n+](C)c(-c2c(C)c3ccccc3c3c2oc2nc(C)ccc23)n1.[2H]C([2H])([2H])c1c[n+](C)c(-c2c(C)c3ccccc3c3c2oc2ncccc23)cn1.[2H]C([2H])([2H])c1cnc(-c2c(C)c3ccccc3c3c2oc2ncccc23)[n+](C)c1. The van der Waals surface area contributed by atoms with E-state index in [0.717, 1.165) is 177 Å². The molecule has 0 saturated heterocycles. The Morgan fingerprint density at radius 3 is 1.02 bits per heavy atom. The normalized spacial score (nSPS) is 12.5. The maximum atomic E-state index is 7.65. The average molecular weight is 1690 g/mol. The summed E-state index contributed by atoms with van der Waals surface area (Å²) >= 11 is 0. The smallest absolute Gasteiger partial charge is 0.334 e. The molecule has 25 rings (SSSR count). The van der Waals surface area contributed by atoms with Gasteiger partial charge in [0, 0.05) is 117 Å². The molecular formula is C109H88N15O5+5. The maximum Gasteiger partial charge on any atom is 0.334 e. The molecule has 15 aromatic heterocycles. The predicted molar refractivity (Wildman–Crippen MR) is 510 cm³/mol. The lowest BCUT2D eigenvalue weighted by Gasteiger charge is -2.10. The molecule has 0 aliphatic carbocycles. The van der Waals surface area contributed by atoms with Crippen LogP contribution in [-0.2, 0) is 35.2 Å². The van der Waals surface area contributed by atoms with Gasteiger partial charge in [-0.3, -0.25) is 4.98 Å². The number of hydrogen-bond donors (Lipinski definition) is 0. The Morgan fingerprint density at radius 2 is 0.612 bits per heavy atom. The minimum atomic E-state index is -2.26. The van der Waals surface area contributed by atoms with Crippen LogP contribution in [0.2, 0.25) is 0 Å². The first-order valence-electron chi connectivity index (χ1n) is 45.4. The van der Waals surface area contributed by atoms with E-state index in [0.29, 0.717) is 40.0 Å². The van der Waals surface area contributed by atoms with Crippen LogP contribution in [0.3, 0.4) is 0 Å². The van der Waals surface area contributed by atoms with Crippen LogP contribution in [0, 0.1) is 62.2 Å². The summed E-state index contributed by atoms with van der Waals surface area (Å²) < 4.78 is 86.7. The van der Waals surface area contributed by atoms with Gasteiger partial charge in [-0.2, -0.15) is 9.13 Å². The number of aromatic nitrogens is 15. The molecule has 0 unspecified atom stereocenters. The van der Waals surface area contributed by atoms with Gasteiger partial charge in [0.05, 0.1) is 69.5 Å². The standard InChI is InChI=1S/C23H20N3O.2C22H18N3O.2C21H16N3O/c1-13-9-10-18-20-17-8-6-5-7-16(17)15(3)19(21(20)27-23(18)25-13)22-24-14(2)11-12-26(22)4;1-13-12-25(3)18(11-24-13)19-14(2)15-7-4-5-8-16(15)20-17-9-6-10-23-22(17)26-21(19)20;1-13-11-24-21(25(3)12-13)18-14(2)15-7-4-5-8-16(15)19-17-9-6-10-23-22(17)26-20(18)19;1-13-14-7-3-4-8-15(14)18-16-9-5-10-23-21(16)25-19(18)17(13)20-22-11-6-12-24(20)2;1-13-14-6-3-4-7-15(14)19-16-8-5-9-23-21(16)25-20(19)18(13)17-12-22-10-11-24(17)2/h5-12H,1-4H3;2*4-12H,1-3H3;2*3-12H,1-2H3/q5*+1/i;2*1D3;;. The Balaban J connectivity index is 0.000000101. The highest BCUT2D eigenvalue weighted by Gasteiger charge is 2.32. The number of nitrogens with zero attached hydrogens (tertiary/aromatic N) is 15. The Morgan fingerprint density at radius 1 is 0.248 bits per heavy atom. The second-order valence-corrected chi connectivity index (χ2v) is 32.7. The molecule has 0 aliphatic rings. The minimum Gasteiger partial charge on any atom is -0.437 e. The Hall–Kier alpha value is -16.4. The summed E-state index contributed by atoms with van der Waals surface area (Å²) in [7, 11) is 9.68. The van der Waals surface area contributed by atoms with E-state index >= 15 is 0 Å². The van der Waals surface area contributed by atoms with Crippen LogP contribution in [0.1, 0.15) is 58.7 Å². The molecule has 0 atom stereocenters. The van der Waals surface area contributed by atoms with Crippen molar-refractivity contribution in [3.8, 4) is 56.7 Å². The highest BCUT2D eigenvalue weighted by Crippen LogP contribution is 2.48. The summed E-state index contributed by atoms with van der Waals surface area (Å²) in [6.45, 7) is 10.0. The summed E-state index contributed by atoms with van der Waals surface area (Å²) in [5.74, 6) is 2.43. The van der Waals surface area contributed by atoms with Gasteiger partial charge in [0.2, 0.25) is 40.0 Å². The predicted octanol–water partition coefficient (Wildman–Crippen LogP) is 22.9. The molecule has 20 heteroatoms. The van der Waals surface area contributed by atoms with Crippen LogP contribution in [0.5, 0.6) is 0 Å². The number of benzene rings is 10. The van der Waals surface area contributed by atoms with Crippen LogP contribution in [-0.4, -0.2) is 49.8 Å². The van der Waals surface area contributed by atoms with Gasteiger partial charge in [-0.15, -0.1) is 0 Å². The summed E-state index contributed by atoms with van der Waals surface area (Å²) in [6, 6.07) is 65.8. The van der Waals surface area contributed by atoms with Crippen LogP contribution < -0.4 is 22.8 Å². The zero-order valence-corrected chi connectivity index (χ0v) is 72.8. The van der Waals surface area contributed by atoms with E-state index in [2.05, 4.69) is 197 Å². The number of fused-ring (bicyclic) bond motifs is 25. The lowest BCUT2D eigenvalue weighted by molar-refractivity contribution is -0.663. The highest BCUT2D eigenvalue weighted by molar-refractivity contribution is 6.27. The number of pyridine rings is 5. The molecular weight excluding hydrogens is 1600 g/mol. The van der Waals surface area contributed by atoms with Gasteiger partial charge in [-0.05, 0) is 213 Å². The van der Waals surface area contributed by atoms with E-state index in [1.165, 1.54) is 49.6 Å². The van der Waals surface area contributed by atoms with Crippen molar-refractivity contribution in [2.24, 2.45) is 35.2 Å². The van der Waals surface area contributed by atoms with E-state index in [-0.39, 0.29) is 11.3 Å². The molecule has 624 valence electrons. The third-order valence-corrected chi connectivity index (χ3v) is 24.8. The van der Waals surface area contributed by atoms with Gasteiger partial charge in [0.15, 0.2) is 46.0 Å². The van der Waals surface area contributed by atoms with Crippen LogP contribution >= 0.6 is 0 Å². The first kappa shape index (κ1) is 73.0. The molecule has 129 heavy (non-hydrogen) atoms. The largest absolute Gasteiger partial charge is 0.437 e. The van der Waals surface area contributed by atoms with Crippen molar-refractivity contribution < 1.29 is 53.1 Å². The number of hydrogen-bond acceptors (Lipinski definition) is 15. The van der Waals surface area contributed by atoms with Crippen molar-refractivity contribution >= 4 is 164 Å². The molecule has 0 N–H and O–H groups in total. The fourth-order valence-corrected chi connectivity index (χ4v) is 18.8. The van der Waals surface area contributed by atoms with Crippen molar-refractivity contribution in [1.29, 1.82) is 0 Å². The van der Waals surface area contributed by atoms with E-state index < -0.39 is 13.7 Å². The zero-order chi connectivity index (χ0) is 93.3. The quantitative estimate of drug-likeness (QED) is 0.147. The van der Waals surface area contributed by atoms with Crippen LogP contribution in [0.25, 0.3) is 221 Å². The van der Waals surface area contributed by atoms with Crippen molar-refractivity contribution in [3.63, 3.8) is 0 Å². The topological polar surface area (TPSA) is 214 Å². The molecule has 25 aromatic rings. The lowest BCUT2D eigenvalue weighted by Crippen LogP contribution is -2.32. The average Bonchev–Trinajstić information content (AvgIpc) is 1.63. The lowest BCUT2D eigenvalue weighted by atomic mass is 9.94. The molecule has 20 nitrogen and oxygen atoms in total. The van der Waals surface area contributed by atoms with E-state index in [1.807, 2.05) is 163 Å². The van der Waals surface area contributed by atoms with Crippen molar-refractivity contribution in [3.05, 3.63) is 331 Å². The Bertz CT molecular complexity index is 8780. The molecule has 15 heterocycles. The maximum absolute atomic E-state index is 7.65. The van der Waals surface area contributed by atoms with E-state index in [9.17, 15) is 0 Å². The second kappa shape index (κ2) is 32.0. The third kappa shape index (κ3) is 13.4. The van der Waals surface area contributed by atoms with Crippen molar-refractivity contribution in [2.45, 2.75) is 62.2 Å². The second-order valence-electron chi connectivity index (χ2n) is 32.7. The van der Waals surface area contributed by atoms with Gasteiger partial charge in [-0.25, -0.2) is 43.6 Å². The Kier molecular flexibility index (Phi) is 18.1. The number of rotatable bonds is 5.